The predicted molar refractivity (Wildman–Crippen MR) is 125 cm³/mol. The second-order valence-electron chi connectivity index (χ2n) is 8.10. The summed E-state index contributed by atoms with van der Waals surface area (Å²) in [5.41, 5.74) is 1.77. The van der Waals surface area contributed by atoms with E-state index >= 15 is 0 Å². The van der Waals surface area contributed by atoms with Crippen LogP contribution in [-0.2, 0) is 21.1 Å². The van der Waals surface area contributed by atoms with Crippen LogP contribution >= 0.6 is 0 Å². The molecule has 1 aromatic heterocycles. The van der Waals surface area contributed by atoms with Crippen LogP contribution in [0.4, 0.5) is 11.5 Å². The number of hydrogen-bond acceptors (Lipinski definition) is 7. The summed E-state index contributed by atoms with van der Waals surface area (Å²) in [4.78, 5) is 22.5. The molecule has 1 saturated heterocycles. The van der Waals surface area contributed by atoms with E-state index in [4.69, 9.17) is 4.74 Å². The number of rotatable bonds is 7. The highest BCUT2D eigenvalue weighted by molar-refractivity contribution is 7.90. The smallest absolute Gasteiger partial charge is 0.219 e. The van der Waals surface area contributed by atoms with E-state index in [0.29, 0.717) is 23.7 Å². The van der Waals surface area contributed by atoms with Crippen molar-refractivity contribution in [1.82, 2.24) is 14.9 Å². The Balaban J connectivity index is 1.62. The third kappa shape index (κ3) is 5.67. The number of anilines is 2. The SMILES string of the molecule is CC(=O)N1CCCC1Cc1cc(Nc2cnccn2)ccc1Oc1ccc(S(C)(=O)=O)cc1. The molecule has 1 aliphatic heterocycles. The van der Waals surface area contributed by atoms with Gasteiger partial charge in [-0.3, -0.25) is 9.78 Å². The second-order valence-corrected chi connectivity index (χ2v) is 10.1. The van der Waals surface area contributed by atoms with Gasteiger partial charge in [0.1, 0.15) is 17.3 Å². The van der Waals surface area contributed by atoms with Gasteiger partial charge < -0.3 is 15.0 Å². The third-order valence-electron chi connectivity index (χ3n) is 5.61. The van der Waals surface area contributed by atoms with Gasteiger partial charge in [-0.25, -0.2) is 13.4 Å². The Bertz CT molecular complexity index is 1230. The van der Waals surface area contributed by atoms with Crippen molar-refractivity contribution in [3.05, 3.63) is 66.6 Å². The number of likely N-dealkylation sites (tertiary alicyclic amines) is 1. The lowest BCUT2D eigenvalue weighted by atomic mass is 10.0. The first kappa shape index (κ1) is 22.7. The maximum Gasteiger partial charge on any atom is 0.219 e. The first-order valence-corrected chi connectivity index (χ1v) is 12.6. The summed E-state index contributed by atoms with van der Waals surface area (Å²) >= 11 is 0. The monoisotopic (exact) mass is 466 g/mol. The number of nitrogens with one attached hydrogen (secondary N) is 1. The highest BCUT2D eigenvalue weighted by atomic mass is 32.2. The Labute approximate surface area is 193 Å². The topological polar surface area (TPSA) is 101 Å². The molecule has 4 rings (SSSR count). The highest BCUT2D eigenvalue weighted by Gasteiger charge is 2.27. The van der Waals surface area contributed by atoms with E-state index in [0.717, 1.165) is 30.6 Å². The Morgan fingerprint density at radius 2 is 1.97 bits per heavy atom. The zero-order chi connectivity index (χ0) is 23.4. The zero-order valence-corrected chi connectivity index (χ0v) is 19.4. The summed E-state index contributed by atoms with van der Waals surface area (Å²) in [5, 5.41) is 3.24. The Kier molecular flexibility index (Phi) is 6.60. The van der Waals surface area contributed by atoms with E-state index < -0.39 is 9.84 Å². The van der Waals surface area contributed by atoms with E-state index in [1.807, 2.05) is 23.1 Å². The molecule has 2 aromatic carbocycles. The van der Waals surface area contributed by atoms with Gasteiger partial charge in [0.15, 0.2) is 9.84 Å². The molecule has 1 N–H and O–H groups in total. The maximum atomic E-state index is 12.1. The van der Waals surface area contributed by atoms with Crippen LogP contribution in [0.3, 0.4) is 0 Å². The van der Waals surface area contributed by atoms with Crippen LogP contribution in [-0.4, -0.2) is 48.0 Å². The molecule has 0 saturated carbocycles. The fraction of sp³-hybridized carbons (Fsp3) is 0.292. The van der Waals surface area contributed by atoms with Gasteiger partial charge in [0.05, 0.1) is 11.1 Å². The molecule has 1 amide bonds. The van der Waals surface area contributed by atoms with Gasteiger partial charge in [0, 0.05) is 43.8 Å². The summed E-state index contributed by atoms with van der Waals surface area (Å²) in [5.74, 6) is 1.89. The van der Waals surface area contributed by atoms with Crippen LogP contribution in [0.25, 0.3) is 0 Å². The molecule has 1 aliphatic rings. The number of ether oxygens (including phenoxy) is 1. The van der Waals surface area contributed by atoms with Crippen LogP contribution in [0, 0.1) is 0 Å². The normalized spacial score (nSPS) is 15.9. The minimum Gasteiger partial charge on any atom is -0.457 e. The molecule has 1 fully saturated rings. The average Bonchev–Trinajstić information content (AvgIpc) is 3.25. The molecule has 9 heteroatoms. The molecular formula is C24H26N4O4S. The number of carbonyl (C=O) groups is 1. The van der Waals surface area contributed by atoms with Gasteiger partial charge in [-0.1, -0.05) is 0 Å². The van der Waals surface area contributed by atoms with Crippen LogP contribution < -0.4 is 10.1 Å². The van der Waals surface area contributed by atoms with E-state index in [9.17, 15) is 13.2 Å². The minimum atomic E-state index is -3.28. The molecule has 2 heterocycles. The Morgan fingerprint density at radius 1 is 1.18 bits per heavy atom. The van der Waals surface area contributed by atoms with E-state index in [-0.39, 0.29) is 16.8 Å². The van der Waals surface area contributed by atoms with Crippen LogP contribution in [0.2, 0.25) is 0 Å². The number of carbonyl (C=O) groups excluding carboxylic acids is 1. The van der Waals surface area contributed by atoms with Gasteiger partial charge in [0.25, 0.3) is 0 Å². The van der Waals surface area contributed by atoms with Crippen molar-refractivity contribution in [2.75, 3.05) is 18.1 Å². The van der Waals surface area contributed by atoms with E-state index in [1.54, 1.807) is 37.6 Å². The Hall–Kier alpha value is -3.46. The van der Waals surface area contributed by atoms with Crippen molar-refractivity contribution in [1.29, 1.82) is 0 Å². The lowest BCUT2D eigenvalue weighted by molar-refractivity contribution is -0.129. The molecule has 0 radical (unpaired) electrons. The molecule has 0 bridgehead atoms. The third-order valence-corrected chi connectivity index (χ3v) is 6.74. The molecule has 1 atom stereocenters. The molecule has 0 aliphatic carbocycles. The lowest BCUT2D eigenvalue weighted by Crippen LogP contribution is -2.35. The fourth-order valence-electron chi connectivity index (χ4n) is 4.03. The molecule has 172 valence electrons. The van der Waals surface area contributed by atoms with Gasteiger partial charge in [-0.15, -0.1) is 0 Å². The minimum absolute atomic E-state index is 0.0742. The molecule has 8 nitrogen and oxygen atoms in total. The van der Waals surface area contributed by atoms with Gasteiger partial charge in [-0.2, -0.15) is 0 Å². The number of benzene rings is 2. The predicted octanol–water partition coefficient (Wildman–Crippen LogP) is 3.97. The van der Waals surface area contributed by atoms with Crippen LogP contribution in [0.1, 0.15) is 25.3 Å². The van der Waals surface area contributed by atoms with Crippen molar-refractivity contribution >= 4 is 27.2 Å². The quantitative estimate of drug-likeness (QED) is 0.562. The van der Waals surface area contributed by atoms with Gasteiger partial charge in [-0.05, 0) is 67.3 Å². The van der Waals surface area contributed by atoms with Gasteiger partial charge in [0.2, 0.25) is 5.91 Å². The lowest BCUT2D eigenvalue weighted by Gasteiger charge is -2.24. The van der Waals surface area contributed by atoms with Crippen LogP contribution in [0.15, 0.2) is 66.0 Å². The number of hydrogen-bond donors (Lipinski definition) is 1. The summed E-state index contributed by atoms with van der Waals surface area (Å²) < 4.78 is 29.6. The van der Waals surface area contributed by atoms with Crippen molar-refractivity contribution in [3.8, 4) is 11.5 Å². The van der Waals surface area contributed by atoms with Crippen LogP contribution in [0.5, 0.6) is 11.5 Å². The number of amides is 1. The highest BCUT2D eigenvalue weighted by Crippen LogP contribution is 2.32. The van der Waals surface area contributed by atoms with Crippen molar-refractivity contribution in [2.24, 2.45) is 0 Å². The van der Waals surface area contributed by atoms with Crippen molar-refractivity contribution in [2.45, 2.75) is 37.1 Å². The molecule has 33 heavy (non-hydrogen) atoms. The first-order chi connectivity index (χ1) is 15.8. The fourth-order valence-corrected chi connectivity index (χ4v) is 4.66. The zero-order valence-electron chi connectivity index (χ0n) is 18.6. The van der Waals surface area contributed by atoms with E-state index in [1.165, 1.54) is 18.4 Å². The summed E-state index contributed by atoms with van der Waals surface area (Å²) in [6.45, 7) is 2.37. The first-order valence-electron chi connectivity index (χ1n) is 10.7. The maximum absolute atomic E-state index is 12.1. The average molecular weight is 467 g/mol. The standard InChI is InChI=1S/C24H26N4O4S/c1-17(29)28-13-3-4-20(28)15-18-14-19(27-24-16-25-11-12-26-24)5-10-23(18)32-21-6-8-22(9-7-21)33(2,30)31/h5-12,14,16,20H,3-4,13,15H2,1-2H3,(H,26,27). The van der Waals surface area contributed by atoms with E-state index in [2.05, 4.69) is 15.3 Å². The van der Waals surface area contributed by atoms with Gasteiger partial charge >= 0.3 is 0 Å². The molecular weight excluding hydrogens is 440 g/mol. The van der Waals surface area contributed by atoms with Crippen molar-refractivity contribution in [3.63, 3.8) is 0 Å². The summed E-state index contributed by atoms with van der Waals surface area (Å²) in [6, 6.07) is 12.2. The largest absolute Gasteiger partial charge is 0.457 e. The van der Waals surface area contributed by atoms with Crippen molar-refractivity contribution < 1.29 is 17.9 Å². The molecule has 1 unspecified atom stereocenters. The summed E-state index contributed by atoms with van der Waals surface area (Å²) in [6.07, 6.45) is 8.60. The number of aromatic nitrogens is 2. The molecule has 3 aromatic rings. The summed E-state index contributed by atoms with van der Waals surface area (Å²) in [7, 11) is -3.28. The Morgan fingerprint density at radius 3 is 2.64 bits per heavy atom. The number of sulfone groups is 1. The second kappa shape index (κ2) is 9.58. The molecule has 0 spiro atoms. The number of nitrogens with zero attached hydrogens (tertiary/aromatic N) is 3.